The minimum absolute atomic E-state index is 0.0960. The Morgan fingerprint density at radius 2 is 2.00 bits per heavy atom. The summed E-state index contributed by atoms with van der Waals surface area (Å²) in [5, 5.41) is 10.8. The van der Waals surface area contributed by atoms with Gasteiger partial charge in [-0.15, -0.1) is 0 Å². The van der Waals surface area contributed by atoms with E-state index in [0.717, 1.165) is 31.5 Å². The summed E-state index contributed by atoms with van der Waals surface area (Å²) in [6.07, 6.45) is 8.67. The number of urea groups is 1. The smallest absolute Gasteiger partial charge is 0.315 e. The van der Waals surface area contributed by atoms with E-state index in [1.165, 1.54) is 30.4 Å². The molecule has 0 unspecified atom stereocenters. The highest BCUT2D eigenvalue weighted by Crippen LogP contribution is 2.25. The number of ether oxygens (including phenoxy) is 1. The fourth-order valence-electron chi connectivity index (χ4n) is 4.01. The topological polar surface area (TPSA) is 68.2 Å². The summed E-state index contributed by atoms with van der Waals surface area (Å²) >= 11 is 0. The summed E-state index contributed by atoms with van der Waals surface area (Å²) in [5.41, 5.74) is 3.40. The molecule has 1 atom stereocenters. The number of hydrogen-bond acceptors (Lipinski definition) is 3. The van der Waals surface area contributed by atoms with Crippen LogP contribution in [0, 0.1) is 0 Å². The lowest BCUT2D eigenvalue weighted by Crippen LogP contribution is -2.44. The number of carbonyl (C=O) groups excluding carboxylic acids is 1. The molecule has 1 aliphatic heterocycles. The summed E-state index contributed by atoms with van der Waals surface area (Å²) in [4.78, 5) is 12.2. The Morgan fingerprint density at radius 3 is 2.81 bits per heavy atom. The number of carbonyl (C=O) groups is 1. The van der Waals surface area contributed by atoms with Gasteiger partial charge < -0.3 is 15.4 Å². The molecule has 2 N–H and O–H groups in total. The van der Waals surface area contributed by atoms with E-state index in [4.69, 9.17) is 9.84 Å². The first kappa shape index (κ1) is 18.0. The molecule has 0 spiro atoms. The van der Waals surface area contributed by atoms with Gasteiger partial charge in [0.1, 0.15) is 6.10 Å². The number of benzene rings is 1. The fourth-order valence-corrected chi connectivity index (χ4v) is 4.01. The van der Waals surface area contributed by atoms with Crippen LogP contribution in [0.4, 0.5) is 4.79 Å². The summed E-state index contributed by atoms with van der Waals surface area (Å²) in [7, 11) is 0. The number of nitrogens with one attached hydrogen (secondary N) is 2. The summed E-state index contributed by atoms with van der Waals surface area (Å²) < 4.78 is 7.87. The van der Waals surface area contributed by atoms with E-state index in [1.54, 1.807) is 0 Å². The molecule has 2 aliphatic rings. The predicted octanol–water partition coefficient (Wildman–Crippen LogP) is 3.18. The molecule has 0 saturated heterocycles. The Balaban J connectivity index is 1.34. The lowest BCUT2D eigenvalue weighted by atomic mass is 9.96. The summed E-state index contributed by atoms with van der Waals surface area (Å²) in [6, 6.07) is 10.5. The van der Waals surface area contributed by atoms with Crippen LogP contribution in [0.25, 0.3) is 0 Å². The predicted molar refractivity (Wildman–Crippen MR) is 104 cm³/mol. The zero-order chi connectivity index (χ0) is 18.5. The normalized spacial score (nSPS) is 20.1. The maximum Gasteiger partial charge on any atom is 0.315 e. The van der Waals surface area contributed by atoms with E-state index >= 15 is 0 Å². The molecule has 2 aromatic rings. The number of fused-ring (bicyclic) bond motifs is 1. The van der Waals surface area contributed by atoms with Crippen LogP contribution in [-0.4, -0.2) is 35.0 Å². The van der Waals surface area contributed by atoms with Gasteiger partial charge in [0.05, 0.1) is 25.4 Å². The molecule has 0 radical (unpaired) electrons. The lowest BCUT2D eigenvalue weighted by molar-refractivity contribution is 0.0410. The first-order chi connectivity index (χ1) is 13.3. The van der Waals surface area contributed by atoms with Gasteiger partial charge >= 0.3 is 6.03 Å². The van der Waals surface area contributed by atoms with Gasteiger partial charge in [0.15, 0.2) is 0 Å². The van der Waals surface area contributed by atoms with Gasteiger partial charge in [-0.25, -0.2) is 4.79 Å². The first-order valence-corrected chi connectivity index (χ1v) is 10.0. The van der Waals surface area contributed by atoms with Crippen LogP contribution in [0.5, 0.6) is 0 Å². The van der Waals surface area contributed by atoms with E-state index in [1.807, 2.05) is 22.9 Å². The molecule has 0 bridgehead atoms. The highest BCUT2D eigenvalue weighted by atomic mass is 16.5. The summed E-state index contributed by atoms with van der Waals surface area (Å²) in [5.74, 6) is 0. The van der Waals surface area contributed by atoms with Crippen molar-refractivity contribution in [2.45, 2.75) is 57.2 Å². The fraction of sp³-hybridized carbons (Fsp3) is 0.524. The van der Waals surface area contributed by atoms with E-state index in [9.17, 15) is 4.79 Å². The Morgan fingerprint density at radius 1 is 1.19 bits per heavy atom. The van der Waals surface area contributed by atoms with E-state index in [-0.39, 0.29) is 12.1 Å². The lowest BCUT2D eigenvalue weighted by Gasteiger charge is -2.25. The molecule has 6 nitrogen and oxygen atoms in total. The molecule has 1 aliphatic carbocycles. The maximum absolute atomic E-state index is 12.2. The second-order valence-electron chi connectivity index (χ2n) is 7.52. The van der Waals surface area contributed by atoms with Crippen LogP contribution in [0.1, 0.15) is 55.0 Å². The molecule has 2 amide bonds. The van der Waals surface area contributed by atoms with Crippen molar-refractivity contribution in [1.82, 2.24) is 20.4 Å². The van der Waals surface area contributed by atoms with Gasteiger partial charge in [0.25, 0.3) is 0 Å². The van der Waals surface area contributed by atoms with E-state index in [0.29, 0.717) is 19.2 Å². The van der Waals surface area contributed by atoms with Crippen molar-refractivity contribution in [3.8, 4) is 0 Å². The number of rotatable bonds is 5. The Kier molecular flexibility index (Phi) is 5.72. The number of aromatic nitrogens is 2. The van der Waals surface area contributed by atoms with E-state index < -0.39 is 0 Å². The quantitative estimate of drug-likeness (QED) is 0.852. The average molecular weight is 368 g/mol. The van der Waals surface area contributed by atoms with E-state index in [2.05, 4.69) is 29.0 Å². The minimum Gasteiger partial charge on any atom is -0.370 e. The van der Waals surface area contributed by atoms with Gasteiger partial charge in [-0.1, -0.05) is 49.6 Å². The van der Waals surface area contributed by atoms with Crippen molar-refractivity contribution < 1.29 is 9.53 Å². The average Bonchev–Trinajstić information content (AvgIpc) is 3.11. The standard InChI is InChI=1S/C21H28N4O2/c26-21(23-18-9-5-2-6-10-18)22-13-19-20-17(11-12-27-19)15-25(24-20)14-16-7-3-1-4-8-16/h1,3-4,7-8,15,18-19H,2,5-6,9-14H2,(H2,22,23,26)/t19-/m1/s1. The van der Waals surface area contributed by atoms with Crippen LogP contribution in [-0.2, 0) is 17.7 Å². The van der Waals surface area contributed by atoms with Crippen molar-refractivity contribution in [2.75, 3.05) is 13.2 Å². The van der Waals surface area contributed by atoms with Crippen LogP contribution in [0.3, 0.4) is 0 Å². The highest BCUT2D eigenvalue weighted by molar-refractivity contribution is 5.74. The first-order valence-electron chi connectivity index (χ1n) is 10.0. The molecule has 1 aromatic carbocycles. The van der Waals surface area contributed by atoms with Crippen molar-refractivity contribution >= 4 is 6.03 Å². The van der Waals surface area contributed by atoms with Crippen LogP contribution >= 0.6 is 0 Å². The van der Waals surface area contributed by atoms with Crippen molar-refractivity contribution in [1.29, 1.82) is 0 Å². The Bertz CT molecular complexity index is 753. The number of nitrogens with zero attached hydrogens (tertiary/aromatic N) is 2. The van der Waals surface area contributed by atoms with Crippen LogP contribution in [0.15, 0.2) is 36.5 Å². The summed E-state index contributed by atoms with van der Waals surface area (Å²) in [6.45, 7) is 1.87. The minimum atomic E-state index is -0.178. The second-order valence-corrected chi connectivity index (χ2v) is 7.52. The third kappa shape index (κ3) is 4.69. The molecule has 1 fully saturated rings. The van der Waals surface area contributed by atoms with Gasteiger partial charge in [-0.2, -0.15) is 5.10 Å². The Labute approximate surface area is 160 Å². The van der Waals surface area contributed by atoms with Gasteiger partial charge in [0.2, 0.25) is 0 Å². The zero-order valence-electron chi connectivity index (χ0n) is 15.7. The van der Waals surface area contributed by atoms with Crippen LogP contribution < -0.4 is 10.6 Å². The number of hydrogen-bond donors (Lipinski definition) is 2. The Hall–Kier alpha value is -2.34. The molecular weight excluding hydrogens is 340 g/mol. The van der Waals surface area contributed by atoms with Gasteiger partial charge in [-0.05, 0) is 30.4 Å². The largest absolute Gasteiger partial charge is 0.370 e. The van der Waals surface area contributed by atoms with Crippen molar-refractivity contribution in [3.63, 3.8) is 0 Å². The molecule has 6 heteroatoms. The zero-order valence-corrected chi connectivity index (χ0v) is 15.7. The molecule has 27 heavy (non-hydrogen) atoms. The molecule has 144 valence electrons. The maximum atomic E-state index is 12.2. The molecular formula is C21H28N4O2. The van der Waals surface area contributed by atoms with Gasteiger partial charge in [-0.3, -0.25) is 4.68 Å². The van der Waals surface area contributed by atoms with Crippen LogP contribution in [0.2, 0.25) is 0 Å². The molecule has 2 heterocycles. The second kappa shape index (κ2) is 8.57. The SMILES string of the molecule is O=C(NC[C@H]1OCCc2cn(Cc3ccccc3)nc21)NC1CCCCC1. The number of amides is 2. The third-order valence-corrected chi connectivity index (χ3v) is 5.44. The molecule has 4 rings (SSSR count). The highest BCUT2D eigenvalue weighted by Gasteiger charge is 2.25. The molecule has 1 aromatic heterocycles. The third-order valence-electron chi connectivity index (χ3n) is 5.44. The van der Waals surface area contributed by atoms with Crippen molar-refractivity contribution in [3.05, 3.63) is 53.3 Å². The monoisotopic (exact) mass is 368 g/mol. The van der Waals surface area contributed by atoms with Gasteiger partial charge in [0, 0.05) is 12.2 Å². The van der Waals surface area contributed by atoms with Crippen molar-refractivity contribution in [2.24, 2.45) is 0 Å². The molecule has 1 saturated carbocycles.